The van der Waals surface area contributed by atoms with Crippen LogP contribution < -0.4 is 10.2 Å². The molecule has 1 aliphatic carbocycles. The van der Waals surface area contributed by atoms with E-state index in [0.717, 1.165) is 11.4 Å². The fourth-order valence-electron chi connectivity index (χ4n) is 14.3. The average Bonchev–Trinajstić information content (AvgIpc) is 4.08. The number of rotatable bonds is 6. The second-order valence-corrected chi connectivity index (χ2v) is 22.3. The summed E-state index contributed by atoms with van der Waals surface area (Å²) in [5.41, 5.74) is 24.9. The summed E-state index contributed by atoms with van der Waals surface area (Å²) in [5, 5.41) is 8.86. The third kappa shape index (κ3) is 6.36. The predicted molar refractivity (Wildman–Crippen MR) is 324 cm³/mol. The molecule has 0 amide bonds. The van der Waals surface area contributed by atoms with Crippen molar-refractivity contribution in [2.75, 3.05) is 10.2 Å². The number of para-hydroxylation sites is 5. The molecule has 3 aliphatic rings. The zero-order valence-corrected chi connectivity index (χ0v) is 43.8. The highest BCUT2D eigenvalue weighted by Gasteiger charge is 2.48. The molecule has 12 aromatic rings. The number of hydrogen-bond acceptors (Lipinski definition) is 2. The third-order valence-corrected chi connectivity index (χ3v) is 17.7. The fourth-order valence-corrected chi connectivity index (χ4v) is 14.3. The molecule has 0 saturated carbocycles. The lowest BCUT2D eigenvalue weighted by molar-refractivity contribution is 0.632. The van der Waals surface area contributed by atoms with Gasteiger partial charge in [0.15, 0.2) is 0 Å². The molecule has 0 fully saturated rings. The lowest BCUT2D eigenvalue weighted by atomic mass is 9.65. The molecule has 0 spiro atoms. The van der Waals surface area contributed by atoms with Gasteiger partial charge in [0.25, 0.3) is 0 Å². The molecule has 0 bridgehead atoms. The molecule has 2 aliphatic heterocycles. The molecule has 0 atom stereocenters. The summed E-state index contributed by atoms with van der Waals surface area (Å²) in [6, 6.07) is 98.1. The zero-order chi connectivity index (χ0) is 51.6. The Balaban J connectivity index is 1.09. The van der Waals surface area contributed by atoms with E-state index >= 15 is 0 Å². The van der Waals surface area contributed by atoms with Crippen LogP contribution in [0, 0.1) is 0 Å². The van der Waals surface area contributed by atoms with E-state index in [1.165, 1.54) is 128 Å². The molecule has 0 saturated heterocycles. The maximum absolute atomic E-state index is 4.00. The Morgan fingerprint density at radius 3 is 1.49 bits per heavy atom. The van der Waals surface area contributed by atoms with Crippen molar-refractivity contribution in [1.29, 1.82) is 0 Å². The van der Waals surface area contributed by atoms with Crippen LogP contribution in [0.2, 0.25) is 0 Å². The van der Waals surface area contributed by atoms with Crippen molar-refractivity contribution in [3.63, 3.8) is 0 Å². The van der Waals surface area contributed by atoms with Gasteiger partial charge in [-0.2, -0.15) is 0 Å². The Kier molecular flexibility index (Phi) is 9.91. The van der Waals surface area contributed by atoms with Crippen molar-refractivity contribution >= 4 is 50.0 Å². The first-order valence-electron chi connectivity index (χ1n) is 27.2. The molecule has 2 nitrogen and oxygen atoms in total. The highest BCUT2D eigenvalue weighted by atomic mass is 15.2. The van der Waals surface area contributed by atoms with Gasteiger partial charge in [0.05, 0.1) is 22.5 Å². The van der Waals surface area contributed by atoms with Gasteiger partial charge in [-0.25, -0.2) is 0 Å². The highest BCUT2D eigenvalue weighted by molar-refractivity contribution is 6.21. The molecule has 77 heavy (non-hydrogen) atoms. The number of benzene rings is 12. The van der Waals surface area contributed by atoms with E-state index in [1.54, 1.807) is 0 Å². The van der Waals surface area contributed by atoms with Gasteiger partial charge in [-0.05, 0) is 130 Å². The lowest BCUT2D eigenvalue weighted by Crippen LogP contribution is -2.31. The van der Waals surface area contributed by atoms with Gasteiger partial charge in [0.1, 0.15) is 0 Å². The predicted octanol–water partition coefficient (Wildman–Crippen LogP) is 19.8. The number of anilines is 5. The van der Waals surface area contributed by atoms with Crippen LogP contribution in [0.15, 0.2) is 261 Å². The summed E-state index contributed by atoms with van der Waals surface area (Å²) in [6.45, 7) is 9.53. The van der Waals surface area contributed by atoms with Crippen LogP contribution in [-0.4, -0.2) is 0 Å². The standard InChI is InChI=1S/C75H56N2/c1-73(2)63-41-16-18-45-67(63)76-71-57(37-23-43-65(71)73)51-32-20-34-54-60(51)47-61-52(58-38-24-44-66-72(58)77(50-29-12-7-13-30-50)68-46-19-17-42-64(68)74(66,3)4)33-21-35-55(61)69(54)59-39-22-36-56-53-31-14-15-40-62(53)75(70(56)59,48-25-8-5-9-26-48)49-27-10-6-11-28-49/h5-47,76H,1-4H3. The van der Waals surface area contributed by atoms with Gasteiger partial charge in [0.2, 0.25) is 0 Å². The topological polar surface area (TPSA) is 15.3 Å². The Labute approximate surface area is 451 Å². The number of nitrogens with one attached hydrogen (secondary N) is 1. The summed E-state index contributed by atoms with van der Waals surface area (Å²) in [4.78, 5) is 2.52. The number of hydrogen-bond donors (Lipinski definition) is 1. The Morgan fingerprint density at radius 2 is 0.792 bits per heavy atom. The summed E-state index contributed by atoms with van der Waals surface area (Å²) in [5.74, 6) is 0. The largest absolute Gasteiger partial charge is 0.355 e. The van der Waals surface area contributed by atoms with Crippen LogP contribution in [0.1, 0.15) is 72.2 Å². The van der Waals surface area contributed by atoms with Crippen molar-refractivity contribution in [3.05, 3.63) is 305 Å². The summed E-state index contributed by atoms with van der Waals surface area (Å²) in [6.07, 6.45) is 0. The van der Waals surface area contributed by atoms with Gasteiger partial charge in [-0.3, -0.25) is 0 Å². The van der Waals surface area contributed by atoms with Crippen LogP contribution in [0.25, 0.3) is 66.1 Å². The molecular weight excluding hydrogens is 929 g/mol. The molecule has 366 valence electrons. The van der Waals surface area contributed by atoms with Gasteiger partial charge < -0.3 is 10.2 Å². The van der Waals surface area contributed by atoms with E-state index in [2.05, 4.69) is 299 Å². The summed E-state index contributed by atoms with van der Waals surface area (Å²) in [7, 11) is 0. The van der Waals surface area contributed by atoms with E-state index in [0.29, 0.717) is 0 Å². The molecular formula is C75H56N2. The molecule has 2 heterocycles. The van der Waals surface area contributed by atoms with Gasteiger partial charge in [-0.1, -0.05) is 258 Å². The number of nitrogens with zero attached hydrogens (tertiary/aromatic N) is 1. The van der Waals surface area contributed by atoms with Gasteiger partial charge in [-0.15, -0.1) is 0 Å². The molecule has 0 radical (unpaired) electrons. The number of fused-ring (bicyclic) bond motifs is 9. The first-order valence-corrected chi connectivity index (χ1v) is 27.2. The Hall–Kier alpha value is -9.24. The fraction of sp³-hybridized carbons (Fsp3) is 0.0933. The van der Waals surface area contributed by atoms with Crippen molar-refractivity contribution in [3.8, 4) is 44.5 Å². The molecule has 12 aromatic carbocycles. The normalized spacial score (nSPS) is 14.9. The molecule has 2 heteroatoms. The Bertz CT molecular complexity index is 4320. The molecule has 15 rings (SSSR count). The molecule has 0 unspecified atom stereocenters. The van der Waals surface area contributed by atoms with Crippen LogP contribution in [0.3, 0.4) is 0 Å². The van der Waals surface area contributed by atoms with E-state index in [-0.39, 0.29) is 10.8 Å². The third-order valence-electron chi connectivity index (χ3n) is 17.7. The minimum absolute atomic E-state index is 0.218. The second kappa shape index (κ2) is 16.9. The average molecular weight is 985 g/mol. The van der Waals surface area contributed by atoms with E-state index in [9.17, 15) is 0 Å². The monoisotopic (exact) mass is 984 g/mol. The minimum Gasteiger partial charge on any atom is -0.355 e. The van der Waals surface area contributed by atoms with Crippen LogP contribution in [-0.2, 0) is 16.2 Å². The van der Waals surface area contributed by atoms with E-state index < -0.39 is 5.41 Å². The Morgan fingerprint density at radius 1 is 0.325 bits per heavy atom. The second-order valence-electron chi connectivity index (χ2n) is 22.3. The highest BCUT2D eigenvalue weighted by Crippen LogP contribution is 2.61. The summed E-state index contributed by atoms with van der Waals surface area (Å²) >= 11 is 0. The van der Waals surface area contributed by atoms with Crippen LogP contribution in [0.4, 0.5) is 28.4 Å². The van der Waals surface area contributed by atoms with Gasteiger partial charge in [0, 0.05) is 33.3 Å². The van der Waals surface area contributed by atoms with Crippen LogP contribution >= 0.6 is 0 Å². The van der Waals surface area contributed by atoms with Gasteiger partial charge >= 0.3 is 0 Å². The zero-order valence-electron chi connectivity index (χ0n) is 43.8. The van der Waals surface area contributed by atoms with E-state index in [1.807, 2.05) is 0 Å². The quantitative estimate of drug-likeness (QED) is 0.167. The maximum atomic E-state index is 4.00. The van der Waals surface area contributed by atoms with E-state index in [4.69, 9.17) is 0 Å². The van der Waals surface area contributed by atoms with Crippen molar-refractivity contribution in [2.24, 2.45) is 0 Å². The van der Waals surface area contributed by atoms with Crippen molar-refractivity contribution < 1.29 is 0 Å². The van der Waals surface area contributed by atoms with Crippen molar-refractivity contribution in [2.45, 2.75) is 43.9 Å². The molecule has 1 N–H and O–H groups in total. The summed E-state index contributed by atoms with van der Waals surface area (Å²) < 4.78 is 0. The lowest BCUT2D eigenvalue weighted by Gasteiger charge is -2.43. The SMILES string of the molecule is CC1(C)c2ccccc2Nc2c(-c3cccc4c(-c5cccc6c5C(c5ccccc5)(c5ccccc5)c5ccccc5-6)c5cccc(-c6cccc7c6N(c6ccccc6)c6ccccc6C7(C)C)c5cc34)cccc21. The smallest absolute Gasteiger partial charge is 0.0719 e. The molecule has 0 aromatic heterocycles. The van der Waals surface area contributed by atoms with Crippen LogP contribution in [0.5, 0.6) is 0 Å². The first-order chi connectivity index (χ1) is 37.8. The maximum Gasteiger partial charge on any atom is 0.0719 e. The van der Waals surface area contributed by atoms with Crippen molar-refractivity contribution in [1.82, 2.24) is 0 Å². The minimum atomic E-state index is -0.621. The first kappa shape index (κ1) is 45.2.